The second-order valence-corrected chi connectivity index (χ2v) is 6.11. The first-order valence-electron chi connectivity index (χ1n) is 6.58. The van der Waals surface area contributed by atoms with Gasteiger partial charge < -0.3 is 14.3 Å². The van der Waals surface area contributed by atoms with Crippen molar-refractivity contribution in [3.8, 4) is 11.3 Å². The molecule has 1 aliphatic heterocycles. The van der Waals surface area contributed by atoms with Crippen LogP contribution in [-0.4, -0.2) is 35.7 Å². The lowest BCUT2D eigenvalue weighted by atomic mass is 9.90. The van der Waals surface area contributed by atoms with Gasteiger partial charge in [-0.25, -0.2) is 4.98 Å². The number of hydrogen-bond donors (Lipinski definition) is 1. The molecule has 0 atom stereocenters. The number of rotatable bonds is 6. The largest absolute Gasteiger partial charge is 0.440 e. The van der Waals surface area contributed by atoms with Crippen LogP contribution in [0.5, 0.6) is 0 Å². The molecule has 0 spiro atoms. The molecule has 2 aromatic rings. The molecule has 1 N–H and O–H groups in total. The fourth-order valence-corrected chi connectivity index (χ4v) is 3.18. The van der Waals surface area contributed by atoms with E-state index in [0.717, 1.165) is 23.0 Å². The van der Waals surface area contributed by atoms with Gasteiger partial charge in [0.2, 0.25) is 5.89 Å². The first-order chi connectivity index (χ1) is 9.81. The van der Waals surface area contributed by atoms with E-state index in [-0.39, 0.29) is 12.0 Å². The number of hydrogen-bond acceptors (Lipinski definition) is 5. The number of oxazole rings is 1. The molecular formula is C15H17NO3S. The van der Waals surface area contributed by atoms with Gasteiger partial charge in [0.1, 0.15) is 0 Å². The summed E-state index contributed by atoms with van der Waals surface area (Å²) in [6.07, 6.45) is 1.76. The van der Waals surface area contributed by atoms with Crippen LogP contribution in [0.1, 0.15) is 5.89 Å². The second kappa shape index (κ2) is 5.99. The molecule has 0 bridgehead atoms. The number of thioether (sulfide) groups is 1. The molecule has 1 aliphatic rings. The molecule has 0 saturated carbocycles. The predicted molar refractivity (Wildman–Crippen MR) is 78.4 cm³/mol. The van der Waals surface area contributed by atoms with Crippen molar-refractivity contribution in [3.63, 3.8) is 0 Å². The minimum Gasteiger partial charge on any atom is -0.440 e. The lowest BCUT2D eigenvalue weighted by Crippen LogP contribution is -2.47. The Hall–Kier alpha value is -1.30. The average molecular weight is 291 g/mol. The van der Waals surface area contributed by atoms with Crippen LogP contribution in [0.25, 0.3) is 11.3 Å². The Morgan fingerprint density at radius 3 is 2.70 bits per heavy atom. The van der Waals surface area contributed by atoms with Gasteiger partial charge in [0.05, 0.1) is 31.8 Å². The highest BCUT2D eigenvalue weighted by Gasteiger charge is 2.37. The summed E-state index contributed by atoms with van der Waals surface area (Å²) in [5.41, 5.74) is 0.981. The Balaban J connectivity index is 1.55. The maximum Gasteiger partial charge on any atom is 0.204 e. The molecule has 5 heteroatoms. The van der Waals surface area contributed by atoms with E-state index in [2.05, 4.69) is 4.98 Å². The number of aliphatic hydroxyl groups excluding tert-OH is 1. The van der Waals surface area contributed by atoms with E-state index in [9.17, 15) is 5.11 Å². The molecule has 0 aliphatic carbocycles. The first-order valence-corrected chi connectivity index (χ1v) is 7.73. The van der Waals surface area contributed by atoms with E-state index in [0.29, 0.717) is 19.0 Å². The topological polar surface area (TPSA) is 55.5 Å². The molecule has 4 nitrogen and oxygen atoms in total. The molecule has 1 saturated heterocycles. The van der Waals surface area contributed by atoms with Gasteiger partial charge in [-0.3, -0.25) is 0 Å². The minimum atomic E-state index is -0.0560. The van der Waals surface area contributed by atoms with E-state index in [1.165, 1.54) is 0 Å². The molecule has 1 aromatic carbocycles. The van der Waals surface area contributed by atoms with Crippen molar-refractivity contribution in [1.82, 2.24) is 4.98 Å². The first kappa shape index (κ1) is 13.7. The van der Waals surface area contributed by atoms with Crippen molar-refractivity contribution in [3.05, 3.63) is 42.4 Å². The Bertz CT molecular complexity index is 546. The van der Waals surface area contributed by atoms with E-state index >= 15 is 0 Å². The number of aromatic nitrogens is 1. The third kappa shape index (κ3) is 2.90. The number of nitrogens with zero attached hydrogens (tertiary/aromatic N) is 1. The van der Waals surface area contributed by atoms with Gasteiger partial charge >= 0.3 is 0 Å². The van der Waals surface area contributed by atoms with Gasteiger partial charge in [0.15, 0.2) is 5.76 Å². The second-order valence-electron chi connectivity index (χ2n) is 5.13. The summed E-state index contributed by atoms with van der Waals surface area (Å²) in [7, 11) is 0. The molecule has 2 heterocycles. The highest BCUT2D eigenvalue weighted by molar-refractivity contribution is 7.98. The maximum absolute atomic E-state index is 9.35. The highest BCUT2D eigenvalue weighted by Crippen LogP contribution is 2.32. The van der Waals surface area contributed by atoms with Gasteiger partial charge in [0, 0.05) is 16.7 Å². The Morgan fingerprint density at radius 1 is 1.25 bits per heavy atom. The smallest absolute Gasteiger partial charge is 0.204 e. The van der Waals surface area contributed by atoms with Crippen LogP contribution in [0.2, 0.25) is 0 Å². The number of ether oxygens (including phenoxy) is 1. The van der Waals surface area contributed by atoms with E-state index in [1.54, 1.807) is 18.0 Å². The van der Waals surface area contributed by atoms with Crippen molar-refractivity contribution in [2.24, 2.45) is 5.41 Å². The zero-order valence-corrected chi connectivity index (χ0v) is 11.9. The van der Waals surface area contributed by atoms with Gasteiger partial charge in [0.25, 0.3) is 0 Å². The third-order valence-electron chi connectivity index (χ3n) is 3.40. The molecule has 1 aromatic heterocycles. The summed E-state index contributed by atoms with van der Waals surface area (Å²) < 4.78 is 10.9. The van der Waals surface area contributed by atoms with Crippen molar-refractivity contribution >= 4 is 11.8 Å². The molecule has 20 heavy (non-hydrogen) atoms. The summed E-state index contributed by atoms with van der Waals surface area (Å²) in [6.45, 7) is 1.48. The quantitative estimate of drug-likeness (QED) is 0.886. The van der Waals surface area contributed by atoms with Crippen LogP contribution in [0.3, 0.4) is 0 Å². The maximum atomic E-state index is 9.35. The number of aliphatic hydroxyl groups is 1. The van der Waals surface area contributed by atoms with Crippen LogP contribution in [0.4, 0.5) is 0 Å². The Labute approximate surface area is 122 Å². The summed E-state index contributed by atoms with van der Waals surface area (Å²) in [5, 5.41) is 9.35. The molecule has 0 amide bonds. The zero-order valence-electron chi connectivity index (χ0n) is 11.1. The molecule has 1 fully saturated rings. The van der Waals surface area contributed by atoms with Gasteiger partial charge in [-0.2, -0.15) is 11.8 Å². The average Bonchev–Trinajstić information content (AvgIpc) is 2.92. The van der Waals surface area contributed by atoms with Gasteiger partial charge in [-0.05, 0) is 0 Å². The third-order valence-corrected chi connectivity index (χ3v) is 4.67. The normalized spacial score (nSPS) is 16.9. The lowest BCUT2D eigenvalue weighted by Gasteiger charge is -2.39. The van der Waals surface area contributed by atoms with Gasteiger partial charge in [-0.1, -0.05) is 30.3 Å². The minimum absolute atomic E-state index is 0.0560. The van der Waals surface area contributed by atoms with E-state index < -0.39 is 0 Å². The Kier molecular flexibility index (Phi) is 4.10. The SMILES string of the molecule is OCC1(CSCc2ncc(-c3ccccc3)o2)COC1. The monoisotopic (exact) mass is 291 g/mol. The summed E-state index contributed by atoms with van der Waals surface area (Å²) >= 11 is 1.73. The Morgan fingerprint density at radius 2 is 2.05 bits per heavy atom. The molecule has 0 unspecified atom stereocenters. The fourth-order valence-electron chi connectivity index (χ4n) is 2.08. The predicted octanol–water partition coefficient (Wildman–Crippen LogP) is 2.58. The molecule has 106 valence electrons. The standard InChI is InChI=1S/C15H17NO3S/c17-8-15(9-18-10-15)11-20-7-14-16-6-13(19-14)12-4-2-1-3-5-12/h1-6,17H,7-11H2. The fraction of sp³-hybridized carbons (Fsp3) is 0.400. The lowest BCUT2D eigenvalue weighted by molar-refractivity contribution is -0.121. The van der Waals surface area contributed by atoms with Crippen molar-refractivity contribution in [1.29, 1.82) is 0 Å². The van der Waals surface area contributed by atoms with Crippen LogP contribution in [0.15, 0.2) is 40.9 Å². The molecular weight excluding hydrogens is 274 g/mol. The number of benzene rings is 1. The van der Waals surface area contributed by atoms with Crippen molar-refractivity contribution in [2.45, 2.75) is 5.75 Å². The van der Waals surface area contributed by atoms with Crippen LogP contribution >= 0.6 is 11.8 Å². The summed E-state index contributed by atoms with van der Waals surface area (Å²) in [4.78, 5) is 4.30. The van der Waals surface area contributed by atoms with Crippen LogP contribution in [-0.2, 0) is 10.5 Å². The zero-order chi connectivity index (χ0) is 13.8. The van der Waals surface area contributed by atoms with Crippen molar-refractivity contribution in [2.75, 3.05) is 25.6 Å². The van der Waals surface area contributed by atoms with E-state index in [1.807, 2.05) is 30.3 Å². The molecule has 3 rings (SSSR count). The highest BCUT2D eigenvalue weighted by atomic mass is 32.2. The molecule has 0 radical (unpaired) electrons. The van der Waals surface area contributed by atoms with Gasteiger partial charge in [-0.15, -0.1) is 0 Å². The summed E-state index contributed by atoms with van der Waals surface area (Å²) in [6, 6.07) is 9.95. The van der Waals surface area contributed by atoms with Crippen molar-refractivity contribution < 1.29 is 14.3 Å². The van der Waals surface area contributed by atoms with E-state index in [4.69, 9.17) is 9.15 Å². The van der Waals surface area contributed by atoms with Crippen LogP contribution < -0.4 is 0 Å². The van der Waals surface area contributed by atoms with Crippen LogP contribution in [0, 0.1) is 5.41 Å². The summed E-state index contributed by atoms with van der Waals surface area (Å²) in [5.74, 6) is 3.11.